The second kappa shape index (κ2) is 10.0. The zero-order chi connectivity index (χ0) is 26.1. The molecule has 0 bridgehead atoms. The van der Waals surface area contributed by atoms with Crippen molar-refractivity contribution in [3.05, 3.63) is 54.2 Å². The zero-order valence-corrected chi connectivity index (χ0v) is 21.5. The van der Waals surface area contributed by atoms with Crippen LogP contribution in [0.4, 0.5) is 17.5 Å². The Balaban J connectivity index is 1.50. The molecule has 0 unspecified atom stereocenters. The molecule has 192 valence electrons. The minimum atomic E-state index is -0.0969. The third-order valence-electron chi connectivity index (χ3n) is 6.46. The number of pyridine rings is 2. The first-order valence-corrected chi connectivity index (χ1v) is 12.3. The van der Waals surface area contributed by atoms with Gasteiger partial charge in [-0.2, -0.15) is 0 Å². The van der Waals surface area contributed by atoms with Crippen LogP contribution in [0.15, 0.2) is 43.0 Å². The molecule has 1 aliphatic rings. The SMILES string of the molecule is C[C@@H]1CN(c2ccc(C(=O)N(C)C)c(CNc3ncnc4[nH]cc(-c5ccnc(N)c5)c34)n2)C[C@H](C)N1. The van der Waals surface area contributed by atoms with Gasteiger partial charge in [0.2, 0.25) is 0 Å². The maximum atomic E-state index is 13.0. The van der Waals surface area contributed by atoms with Gasteiger partial charge in [0, 0.05) is 57.2 Å². The minimum Gasteiger partial charge on any atom is -0.384 e. The number of nitrogens with zero attached hydrogens (tertiary/aromatic N) is 6. The van der Waals surface area contributed by atoms with Crippen LogP contribution in [0.1, 0.15) is 29.9 Å². The highest BCUT2D eigenvalue weighted by atomic mass is 16.2. The second-order valence-corrected chi connectivity index (χ2v) is 9.71. The molecule has 2 atom stereocenters. The minimum absolute atomic E-state index is 0.0969. The fourth-order valence-corrected chi connectivity index (χ4v) is 4.86. The zero-order valence-electron chi connectivity index (χ0n) is 21.5. The molecule has 0 radical (unpaired) electrons. The van der Waals surface area contributed by atoms with Crippen LogP contribution >= 0.6 is 0 Å². The van der Waals surface area contributed by atoms with Gasteiger partial charge in [0.25, 0.3) is 5.91 Å². The number of rotatable bonds is 6. The summed E-state index contributed by atoms with van der Waals surface area (Å²) in [6, 6.07) is 8.21. The Hall–Kier alpha value is -4.25. The lowest BCUT2D eigenvalue weighted by Gasteiger charge is -2.37. The van der Waals surface area contributed by atoms with Crippen molar-refractivity contribution in [2.45, 2.75) is 32.5 Å². The fourth-order valence-electron chi connectivity index (χ4n) is 4.86. The monoisotopic (exact) mass is 500 g/mol. The van der Waals surface area contributed by atoms with Gasteiger partial charge in [0.05, 0.1) is 23.2 Å². The van der Waals surface area contributed by atoms with Crippen molar-refractivity contribution in [3.8, 4) is 11.1 Å². The number of hydrogen-bond acceptors (Lipinski definition) is 9. The van der Waals surface area contributed by atoms with Crippen LogP contribution in [-0.4, -0.2) is 75.0 Å². The molecule has 11 nitrogen and oxygen atoms in total. The van der Waals surface area contributed by atoms with Crippen LogP contribution < -0.4 is 21.3 Å². The highest BCUT2D eigenvalue weighted by Crippen LogP contribution is 2.32. The Bertz CT molecular complexity index is 1420. The molecule has 5 heterocycles. The summed E-state index contributed by atoms with van der Waals surface area (Å²) in [5.74, 6) is 1.83. The van der Waals surface area contributed by atoms with E-state index in [1.54, 1.807) is 25.2 Å². The van der Waals surface area contributed by atoms with E-state index in [9.17, 15) is 4.79 Å². The van der Waals surface area contributed by atoms with Crippen LogP contribution in [0.3, 0.4) is 0 Å². The largest absolute Gasteiger partial charge is 0.384 e. The summed E-state index contributed by atoms with van der Waals surface area (Å²) in [4.78, 5) is 38.0. The van der Waals surface area contributed by atoms with Crippen molar-refractivity contribution in [1.29, 1.82) is 0 Å². The highest BCUT2D eigenvalue weighted by molar-refractivity contribution is 6.01. The van der Waals surface area contributed by atoms with Gasteiger partial charge in [0.15, 0.2) is 0 Å². The Kier molecular flexibility index (Phi) is 6.62. The molecule has 0 aromatic carbocycles. The Labute approximate surface area is 215 Å². The fraction of sp³-hybridized carbons (Fsp3) is 0.346. The average Bonchev–Trinajstić information content (AvgIpc) is 3.31. The van der Waals surface area contributed by atoms with Gasteiger partial charge >= 0.3 is 0 Å². The predicted molar refractivity (Wildman–Crippen MR) is 145 cm³/mol. The summed E-state index contributed by atoms with van der Waals surface area (Å²) in [5, 5.41) is 7.79. The first-order chi connectivity index (χ1) is 17.8. The van der Waals surface area contributed by atoms with E-state index in [1.165, 1.54) is 6.33 Å². The molecule has 1 saturated heterocycles. The van der Waals surface area contributed by atoms with Crippen molar-refractivity contribution < 1.29 is 4.79 Å². The number of aromatic amines is 1. The maximum absolute atomic E-state index is 13.0. The van der Waals surface area contributed by atoms with Crippen LogP contribution in [0, 0.1) is 0 Å². The van der Waals surface area contributed by atoms with Gasteiger partial charge in [-0.1, -0.05) is 0 Å². The van der Waals surface area contributed by atoms with E-state index < -0.39 is 0 Å². The number of fused-ring (bicyclic) bond motifs is 1. The van der Waals surface area contributed by atoms with Gasteiger partial charge in [-0.3, -0.25) is 4.79 Å². The predicted octanol–water partition coefficient (Wildman–Crippen LogP) is 2.50. The number of nitrogen functional groups attached to an aromatic ring is 1. The van der Waals surface area contributed by atoms with E-state index in [0.29, 0.717) is 47.2 Å². The lowest BCUT2D eigenvalue weighted by atomic mass is 10.1. The van der Waals surface area contributed by atoms with Crippen molar-refractivity contribution >= 4 is 34.4 Å². The summed E-state index contributed by atoms with van der Waals surface area (Å²) >= 11 is 0. The van der Waals surface area contributed by atoms with E-state index in [4.69, 9.17) is 10.7 Å². The molecular formula is C26H32N10O. The van der Waals surface area contributed by atoms with Crippen LogP contribution in [0.5, 0.6) is 0 Å². The molecule has 5 N–H and O–H groups in total. The van der Waals surface area contributed by atoms with E-state index >= 15 is 0 Å². The Morgan fingerprint density at radius 1 is 1.16 bits per heavy atom. The Morgan fingerprint density at radius 3 is 2.68 bits per heavy atom. The molecule has 0 spiro atoms. The average molecular weight is 501 g/mol. The molecule has 0 aliphatic carbocycles. The molecule has 1 aliphatic heterocycles. The molecule has 1 fully saturated rings. The summed E-state index contributed by atoms with van der Waals surface area (Å²) in [6.07, 6.45) is 5.06. The van der Waals surface area contributed by atoms with Crippen molar-refractivity contribution in [3.63, 3.8) is 0 Å². The summed E-state index contributed by atoms with van der Waals surface area (Å²) in [5.41, 5.74) is 9.64. The third kappa shape index (κ3) is 5.03. The number of nitrogens with two attached hydrogens (primary N) is 1. The quantitative estimate of drug-likeness (QED) is 0.314. The maximum Gasteiger partial charge on any atom is 0.255 e. The van der Waals surface area contributed by atoms with Crippen LogP contribution in [-0.2, 0) is 6.54 Å². The summed E-state index contributed by atoms with van der Waals surface area (Å²) in [6.45, 7) is 6.34. The van der Waals surface area contributed by atoms with E-state index in [-0.39, 0.29) is 5.91 Å². The van der Waals surface area contributed by atoms with Gasteiger partial charge in [-0.25, -0.2) is 19.9 Å². The highest BCUT2D eigenvalue weighted by Gasteiger charge is 2.24. The van der Waals surface area contributed by atoms with Gasteiger partial charge in [-0.15, -0.1) is 0 Å². The molecule has 5 rings (SSSR count). The smallest absolute Gasteiger partial charge is 0.255 e. The number of hydrogen-bond donors (Lipinski definition) is 4. The summed E-state index contributed by atoms with van der Waals surface area (Å²) in [7, 11) is 3.49. The second-order valence-electron chi connectivity index (χ2n) is 9.71. The van der Waals surface area contributed by atoms with Crippen molar-refractivity contribution in [1.82, 2.24) is 35.1 Å². The van der Waals surface area contributed by atoms with E-state index in [1.807, 2.05) is 30.5 Å². The van der Waals surface area contributed by atoms with Gasteiger partial charge in [0.1, 0.15) is 29.4 Å². The van der Waals surface area contributed by atoms with Gasteiger partial charge < -0.3 is 31.2 Å². The van der Waals surface area contributed by atoms with E-state index in [2.05, 4.69) is 49.3 Å². The lowest BCUT2D eigenvalue weighted by Crippen LogP contribution is -2.54. The normalized spacial score (nSPS) is 17.7. The van der Waals surface area contributed by atoms with Crippen LogP contribution in [0.25, 0.3) is 22.2 Å². The first-order valence-electron chi connectivity index (χ1n) is 12.3. The van der Waals surface area contributed by atoms with Crippen molar-refractivity contribution in [2.24, 2.45) is 0 Å². The molecular weight excluding hydrogens is 468 g/mol. The molecule has 4 aromatic rings. The number of carbonyl (C=O) groups is 1. The lowest BCUT2D eigenvalue weighted by molar-refractivity contribution is 0.0826. The molecule has 37 heavy (non-hydrogen) atoms. The standard InChI is InChI=1S/C26H32N10O/c1-15-12-36(13-16(2)33-15)22-6-5-18(26(37)35(3)4)20(34-22)11-30-25-23-19(10-29-24(23)31-14-32-25)17-7-8-28-21(27)9-17/h5-10,14-16,33H,11-13H2,1-4H3,(H2,27,28)(H2,29,30,31,32)/t15-,16+. The number of H-pyrrole nitrogens is 1. The first kappa shape index (κ1) is 24.4. The number of anilines is 3. The third-order valence-corrected chi connectivity index (χ3v) is 6.46. The Morgan fingerprint density at radius 2 is 1.95 bits per heavy atom. The number of carbonyl (C=O) groups excluding carboxylic acids is 1. The molecule has 1 amide bonds. The van der Waals surface area contributed by atoms with E-state index in [0.717, 1.165) is 35.4 Å². The number of amides is 1. The van der Waals surface area contributed by atoms with Crippen LogP contribution in [0.2, 0.25) is 0 Å². The van der Waals surface area contributed by atoms with Crippen molar-refractivity contribution in [2.75, 3.05) is 43.1 Å². The number of piperazine rings is 1. The molecule has 0 saturated carbocycles. The number of nitrogens with one attached hydrogen (secondary N) is 3. The number of aromatic nitrogens is 5. The topological polar surface area (TPSA) is 141 Å². The molecule has 4 aromatic heterocycles. The van der Waals surface area contributed by atoms with Gasteiger partial charge in [-0.05, 0) is 43.7 Å². The summed E-state index contributed by atoms with van der Waals surface area (Å²) < 4.78 is 0. The molecule has 11 heteroatoms.